The van der Waals surface area contributed by atoms with E-state index in [1.165, 1.54) is 0 Å². The fraction of sp³-hybridized carbons (Fsp3) is 0.750. The second-order valence-corrected chi connectivity index (χ2v) is 4.90. The van der Waals surface area contributed by atoms with Crippen molar-refractivity contribution in [3.05, 3.63) is 0 Å². The van der Waals surface area contributed by atoms with E-state index in [4.69, 9.17) is 5.73 Å². The van der Waals surface area contributed by atoms with Crippen molar-refractivity contribution in [1.82, 2.24) is 10.6 Å². The monoisotopic (exact) mass is 215 g/mol. The summed E-state index contributed by atoms with van der Waals surface area (Å²) >= 11 is 1.79. The van der Waals surface area contributed by atoms with Crippen LogP contribution in [0.1, 0.15) is 12.8 Å². The molecule has 5 nitrogen and oxygen atoms in total. The number of thioether (sulfide) groups is 1. The average Bonchev–Trinajstić information content (AvgIpc) is 2.60. The van der Waals surface area contributed by atoms with Gasteiger partial charge in [0.15, 0.2) is 0 Å². The van der Waals surface area contributed by atoms with Crippen molar-refractivity contribution < 1.29 is 9.59 Å². The molecule has 6 heteroatoms. The van der Waals surface area contributed by atoms with Gasteiger partial charge in [0, 0.05) is 17.4 Å². The quantitative estimate of drug-likeness (QED) is 0.551. The molecular formula is C8H13N3O2S. The maximum atomic E-state index is 11.0. The third kappa shape index (κ3) is 1.79. The van der Waals surface area contributed by atoms with Gasteiger partial charge < -0.3 is 16.4 Å². The van der Waals surface area contributed by atoms with Crippen molar-refractivity contribution >= 4 is 23.7 Å². The highest BCUT2D eigenvalue weighted by atomic mass is 32.2. The summed E-state index contributed by atoms with van der Waals surface area (Å²) in [5.41, 5.74) is 5.08. The molecule has 2 rings (SSSR count). The molecular weight excluding hydrogens is 202 g/mol. The predicted octanol–water partition coefficient (Wildman–Crippen LogP) is -0.583. The number of nitrogens with two attached hydrogens (primary N) is 1. The zero-order chi connectivity index (χ0) is 10.1. The first-order valence-corrected chi connectivity index (χ1v) is 5.68. The Morgan fingerprint density at radius 1 is 1.57 bits per heavy atom. The Kier molecular flexibility index (Phi) is 2.54. The molecule has 0 radical (unpaired) electrons. The lowest BCUT2D eigenvalue weighted by Crippen LogP contribution is -2.37. The molecule has 0 aliphatic carbocycles. The van der Waals surface area contributed by atoms with E-state index in [0.717, 1.165) is 12.2 Å². The van der Waals surface area contributed by atoms with Crippen LogP contribution >= 0.6 is 11.8 Å². The number of urea groups is 1. The van der Waals surface area contributed by atoms with Gasteiger partial charge in [-0.25, -0.2) is 4.79 Å². The number of nitrogens with one attached hydrogen (secondary N) is 2. The number of carbonyl (C=O) groups is 2. The molecule has 2 aliphatic rings. The van der Waals surface area contributed by atoms with E-state index < -0.39 is 0 Å². The third-order valence-electron chi connectivity index (χ3n) is 2.61. The summed E-state index contributed by atoms with van der Waals surface area (Å²) in [6.45, 7) is 0. The molecule has 2 fully saturated rings. The summed E-state index contributed by atoms with van der Waals surface area (Å²) in [7, 11) is 0. The van der Waals surface area contributed by atoms with Crippen LogP contribution in [0, 0.1) is 0 Å². The zero-order valence-corrected chi connectivity index (χ0v) is 8.47. The predicted molar refractivity (Wildman–Crippen MR) is 53.9 cm³/mol. The van der Waals surface area contributed by atoms with Gasteiger partial charge in [-0.15, -0.1) is 0 Å². The number of amides is 3. The maximum Gasteiger partial charge on any atom is 0.315 e. The molecule has 2 saturated heterocycles. The van der Waals surface area contributed by atoms with Crippen molar-refractivity contribution in [3.8, 4) is 0 Å². The molecule has 0 bridgehead atoms. The van der Waals surface area contributed by atoms with E-state index in [-0.39, 0.29) is 24.0 Å². The fourth-order valence-corrected chi connectivity index (χ4v) is 3.42. The highest BCUT2D eigenvalue weighted by Crippen LogP contribution is 2.32. The Morgan fingerprint density at radius 3 is 3.07 bits per heavy atom. The maximum absolute atomic E-state index is 11.0. The van der Waals surface area contributed by atoms with Gasteiger partial charge >= 0.3 is 6.03 Å². The summed E-state index contributed by atoms with van der Waals surface area (Å²) in [6.07, 6.45) is 1.15. The van der Waals surface area contributed by atoms with Gasteiger partial charge in [-0.05, 0) is 6.42 Å². The smallest absolute Gasteiger partial charge is 0.315 e. The van der Waals surface area contributed by atoms with Crippen LogP contribution in [0.25, 0.3) is 0 Å². The number of hydrogen-bond donors (Lipinski definition) is 3. The van der Waals surface area contributed by atoms with E-state index in [9.17, 15) is 9.59 Å². The van der Waals surface area contributed by atoms with E-state index in [2.05, 4.69) is 10.6 Å². The van der Waals surface area contributed by atoms with Crippen molar-refractivity contribution in [2.75, 3.05) is 5.75 Å². The molecule has 0 unspecified atom stereocenters. The van der Waals surface area contributed by atoms with Crippen LogP contribution in [0.2, 0.25) is 0 Å². The normalized spacial score (nSPS) is 34.9. The molecule has 4 N–H and O–H groups in total. The summed E-state index contributed by atoms with van der Waals surface area (Å²) in [5.74, 6) is 0.652. The summed E-state index contributed by atoms with van der Waals surface area (Å²) in [5, 5.41) is 6.04. The van der Waals surface area contributed by atoms with Crippen molar-refractivity contribution in [2.45, 2.75) is 30.2 Å². The van der Waals surface area contributed by atoms with Gasteiger partial charge in [-0.2, -0.15) is 11.8 Å². The molecule has 0 saturated carbocycles. The van der Waals surface area contributed by atoms with Crippen LogP contribution in [0.3, 0.4) is 0 Å². The highest BCUT2D eigenvalue weighted by molar-refractivity contribution is 8.00. The van der Waals surface area contributed by atoms with Gasteiger partial charge in [-0.3, -0.25) is 4.79 Å². The van der Waals surface area contributed by atoms with Crippen LogP contribution in [0.4, 0.5) is 4.79 Å². The Morgan fingerprint density at radius 2 is 2.36 bits per heavy atom. The van der Waals surface area contributed by atoms with Crippen LogP contribution in [-0.4, -0.2) is 35.0 Å². The second kappa shape index (κ2) is 3.68. The van der Waals surface area contributed by atoms with E-state index in [0.29, 0.717) is 11.7 Å². The minimum absolute atomic E-state index is 0.0932. The van der Waals surface area contributed by atoms with Gasteiger partial charge in [0.1, 0.15) is 0 Å². The first kappa shape index (κ1) is 9.64. The minimum Gasteiger partial charge on any atom is -0.370 e. The first-order chi connectivity index (χ1) is 6.66. The largest absolute Gasteiger partial charge is 0.370 e. The number of carbonyl (C=O) groups excluding carboxylic acids is 2. The molecule has 0 aromatic rings. The molecule has 2 aliphatic heterocycles. The SMILES string of the molecule is NC(=O)CC[C@@H]1SC[C@@H]2NC(=O)N[C@@H]21. The summed E-state index contributed by atoms with van der Waals surface area (Å²) in [4.78, 5) is 21.6. The highest BCUT2D eigenvalue weighted by Gasteiger charge is 2.42. The third-order valence-corrected chi connectivity index (χ3v) is 4.12. The number of rotatable bonds is 3. The fourth-order valence-electron chi connectivity index (χ4n) is 1.93. The molecule has 0 aromatic heterocycles. The molecule has 78 valence electrons. The topological polar surface area (TPSA) is 84.2 Å². The van der Waals surface area contributed by atoms with Crippen LogP contribution in [0.15, 0.2) is 0 Å². The molecule has 0 aromatic carbocycles. The van der Waals surface area contributed by atoms with Crippen LogP contribution in [-0.2, 0) is 4.79 Å². The molecule has 3 amide bonds. The molecule has 0 spiro atoms. The lowest BCUT2D eigenvalue weighted by molar-refractivity contribution is -0.118. The number of hydrogen-bond acceptors (Lipinski definition) is 3. The number of fused-ring (bicyclic) bond motifs is 1. The standard InChI is InChI=1S/C8H13N3O2S/c9-6(12)2-1-5-7-4(3-14-5)10-8(13)11-7/h4-5,7H,1-3H2,(H2,9,12)(H2,10,11,13)/t4-,5-,7-/m0/s1. The minimum atomic E-state index is -0.272. The first-order valence-electron chi connectivity index (χ1n) is 4.64. The van der Waals surface area contributed by atoms with Gasteiger partial charge in [0.05, 0.1) is 12.1 Å². The number of primary amides is 1. The van der Waals surface area contributed by atoms with E-state index in [1.807, 2.05) is 0 Å². The van der Waals surface area contributed by atoms with Crippen molar-refractivity contribution in [2.24, 2.45) is 5.73 Å². The van der Waals surface area contributed by atoms with E-state index >= 15 is 0 Å². The van der Waals surface area contributed by atoms with Crippen molar-refractivity contribution in [3.63, 3.8) is 0 Å². The van der Waals surface area contributed by atoms with Gasteiger partial charge in [0.2, 0.25) is 5.91 Å². The molecule has 14 heavy (non-hydrogen) atoms. The zero-order valence-electron chi connectivity index (χ0n) is 7.66. The van der Waals surface area contributed by atoms with Gasteiger partial charge in [-0.1, -0.05) is 0 Å². The lowest BCUT2D eigenvalue weighted by atomic mass is 10.0. The van der Waals surface area contributed by atoms with Gasteiger partial charge in [0.25, 0.3) is 0 Å². The Hall–Kier alpha value is -0.910. The van der Waals surface area contributed by atoms with Crippen LogP contribution in [0.5, 0.6) is 0 Å². The van der Waals surface area contributed by atoms with Crippen molar-refractivity contribution in [1.29, 1.82) is 0 Å². The summed E-state index contributed by atoms with van der Waals surface area (Å²) < 4.78 is 0. The lowest BCUT2D eigenvalue weighted by Gasteiger charge is -2.15. The Labute approximate surface area is 86.2 Å². The molecule has 2 heterocycles. The Bertz CT molecular complexity index is 271. The summed E-state index contributed by atoms with van der Waals surface area (Å²) in [6, 6.07) is 0.307. The average molecular weight is 215 g/mol. The molecule has 3 atom stereocenters. The Balaban J connectivity index is 1.89. The van der Waals surface area contributed by atoms with Crippen LogP contribution < -0.4 is 16.4 Å². The second-order valence-electron chi connectivity index (χ2n) is 3.63. The van der Waals surface area contributed by atoms with E-state index in [1.54, 1.807) is 11.8 Å².